The SMILES string of the molecule is CCc1c(O)nc(N=[N+]=[N-])[nH]c1=O. The lowest BCUT2D eigenvalue weighted by Crippen LogP contribution is -2.12. The van der Waals surface area contributed by atoms with Crippen LogP contribution in [0.3, 0.4) is 0 Å². The smallest absolute Gasteiger partial charge is 0.258 e. The third kappa shape index (κ3) is 1.77. The topological polar surface area (TPSA) is 115 Å². The summed E-state index contributed by atoms with van der Waals surface area (Å²) >= 11 is 0. The molecule has 13 heavy (non-hydrogen) atoms. The highest BCUT2D eigenvalue weighted by Gasteiger charge is 2.06. The third-order valence-corrected chi connectivity index (χ3v) is 1.47. The molecule has 2 N–H and O–H groups in total. The summed E-state index contributed by atoms with van der Waals surface area (Å²) in [6.07, 6.45) is 0.366. The van der Waals surface area contributed by atoms with Crippen molar-refractivity contribution in [2.45, 2.75) is 13.3 Å². The van der Waals surface area contributed by atoms with Crippen LogP contribution < -0.4 is 5.56 Å². The summed E-state index contributed by atoms with van der Waals surface area (Å²) in [6.45, 7) is 1.71. The summed E-state index contributed by atoms with van der Waals surface area (Å²) < 4.78 is 0. The molecule has 68 valence electrons. The van der Waals surface area contributed by atoms with Gasteiger partial charge in [0, 0.05) is 4.91 Å². The lowest BCUT2D eigenvalue weighted by Gasteiger charge is -1.98. The number of hydrogen-bond acceptors (Lipinski definition) is 4. The van der Waals surface area contributed by atoms with Gasteiger partial charge in [-0.05, 0) is 17.1 Å². The molecule has 0 aliphatic heterocycles. The van der Waals surface area contributed by atoms with Crippen molar-refractivity contribution in [2.75, 3.05) is 0 Å². The van der Waals surface area contributed by atoms with E-state index in [1.54, 1.807) is 6.92 Å². The standard InChI is InChI=1S/C6H7N5O2/c1-2-3-4(12)8-6(10-11-7)9-5(3)13/h2H2,1H3,(H2,8,9,12,13). The van der Waals surface area contributed by atoms with Crippen molar-refractivity contribution >= 4 is 5.95 Å². The maximum Gasteiger partial charge on any atom is 0.258 e. The summed E-state index contributed by atoms with van der Waals surface area (Å²) in [4.78, 5) is 19.2. The predicted octanol–water partition coefficient (Wildman–Crippen LogP) is 0.980. The molecule has 1 aromatic heterocycles. The largest absolute Gasteiger partial charge is 0.493 e. The van der Waals surface area contributed by atoms with E-state index in [4.69, 9.17) is 5.53 Å². The van der Waals surface area contributed by atoms with Gasteiger partial charge in [0.1, 0.15) is 0 Å². The molecule has 0 atom stereocenters. The quantitative estimate of drug-likeness (QED) is 0.402. The molecule has 0 saturated heterocycles. The fourth-order valence-electron chi connectivity index (χ4n) is 0.883. The van der Waals surface area contributed by atoms with Crippen LogP contribution in [0.25, 0.3) is 10.4 Å². The van der Waals surface area contributed by atoms with Gasteiger partial charge in [0.15, 0.2) is 0 Å². The fourth-order valence-corrected chi connectivity index (χ4v) is 0.883. The van der Waals surface area contributed by atoms with E-state index >= 15 is 0 Å². The van der Waals surface area contributed by atoms with Gasteiger partial charge in [0.05, 0.1) is 5.56 Å². The van der Waals surface area contributed by atoms with Crippen molar-refractivity contribution < 1.29 is 5.11 Å². The highest BCUT2D eigenvalue weighted by molar-refractivity contribution is 5.28. The maximum absolute atomic E-state index is 11.1. The molecular formula is C6H7N5O2. The zero-order chi connectivity index (χ0) is 9.84. The van der Waals surface area contributed by atoms with E-state index in [1.165, 1.54) is 0 Å². The molecule has 0 amide bonds. The van der Waals surface area contributed by atoms with Crippen LogP contribution in [0.1, 0.15) is 12.5 Å². The Kier molecular flexibility index (Phi) is 2.51. The zero-order valence-electron chi connectivity index (χ0n) is 6.85. The van der Waals surface area contributed by atoms with Crippen molar-refractivity contribution in [3.63, 3.8) is 0 Å². The summed E-state index contributed by atoms with van der Waals surface area (Å²) in [7, 11) is 0. The van der Waals surface area contributed by atoms with E-state index in [0.717, 1.165) is 0 Å². The molecule has 7 heteroatoms. The first-order valence-corrected chi connectivity index (χ1v) is 3.56. The number of H-pyrrole nitrogens is 1. The monoisotopic (exact) mass is 181 g/mol. The van der Waals surface area contributed by atoms with Gasteiger partial charge in [-0.3, -0.25) is 4.79 Å². The Balaban J connectivity index is 3.36. The number of azide groups is 1. The van der Waals surface area contributed by atoms with E-state index < -0.39 is 11.4 Å². The van der Waals surface area contributed by atoms with Gasteiger partial charge in [-0.1, -0.05) is 6.92 Å². The van der Waals surface area contributed by atoms with Crippen LogP contribution in [0, 0.1) is 0 Å². The van der Waals surface area contributed by atoms with Gasteiger partial charge in [0.25, 0.3) is 5.56 Å². The molecule has 0 fully saturated rings. The van der Waals surface area contributed by atoms with Gasteiger partial charge >= 0.3 is 0 Å². The number of nitrogens with zero attached hydrogens (tertiary/aromatic N) is 4. The molecule has 0 spiro atoms. The fraction of sp³-hybridized carbons (Fsp3) is 0.333. The minimum absolute atomic E-state index is 0.178. The van der Waals surface area contributed by atoms with Crippen molar-refractivity contribution in [3.05, 3.63) is 26.4 Å². The Morgan fingerprint density at radius 3 is 2.92 bits per heavy atom. The van der Waals surface area contributed by atoms with Crippen molar-refractivity contribution in [2.24, 2.45) is 5.11 Å². The molecule has 1 aromatic rings. The Bertz CT molecular complexity index is 418. The van der Waals surface area contributed by atoms with E-state index in [9.17, 15) is 9.90 Å². The Morgan fingerprint density at radius 2 is 2.46 bits per heavy atom. The van der Waals surface area contributed by atoms with E-state index in [0.29, 0.717) is 6.42 Å². The third-order valence-electron chi connectivity index (χ3n) is 1.47. The predicted molar refractivity (Wildman–Crippen MR) is 44.7 cm³/mol. The maximum atomic E-state index is 11.1. The van der Waals surface area contributed by atoms with Crippen LogP contribution >= 0.6 is 0 Å². The zero-order valence-corrected chi connectivity index (χ0v) is 6.85. The number of aromatic nitrogens is 2. The Hall–Kier alpha value is -2.01. The summed E-state index contributed by atoms with van der Waals surface area (Å²) in [5.41, 5.74) is 7.73. The molecule has 0 bridgehead atoms. The second kappa shape index (κ2) is 3.59. The van der Waals surface area contributed by atoms with Gasteiger partial charge in [0.2, 0.25) is 11.8 Å². The van der Waals surface area contributed by atoms with Crippen LogP contribution in [0.4, 0.5) is 5.95 Å². The normalized spacial score (nSPS) is 9.31. The average molecular weight is 181 g/mol. The second-order valence-corrected chi connectivity index (χ2v) is 2.23. The first-order valence-electron chi connectivity index (χ1n) is 3.56. The van der Waals surface area contributed by atoms with E-state index in [-0.39, 0.29) is 11.5 Å². The number of aromatic hydroxyl groups is 1. The highest BCUT2D eigenvalue weighted by Crippen LogP contribution is 2.12. The Morgan fingerprint density at radius 1 is 1.77 bits per heavy atom. The van der Waals surface area contributed by atoms with Crippen LogP contribution in [0.5, 0.6) is 5.88 Å². The molecule has 7 nitrogen and oxygen atoms in total. The summed E-state index contributed by atoms with van der Waals surface area (Å²) in [5, 5.41) is 12.2. The highest BCUT2D eigenvalue weighted by atomic mass is 16.3. The lowest BCUT2D eigenvalue weighted by molar-refractivity contribution is 0.444. The number of rotatable bonds is 2. The van der Waals surface area contributed by atoms with Crippen LogP contribution in [-0.4, -0.2) is 15.1 Å². The lowest BCUT2D eigenvalue weighted by atomic mass is 10.2. The van der Waals surface area contributed by atoms with Gasteiger partial charge < -0.3 is 10.1 Å². The molecule has 0 saturated carbocycles. The molecule has 0 aromatic carbocycles. The molecule has 0 unspecified atom stereocenters. The molecule has 1 rings (SSSR count). The second-order valence-electron chi connectivity index (χ2n) is 2.23. The molecular weight excluding hydrogens is 174 g/mol. The summed E-state index contributed by atoms with van der Waals surface area (Å²) in [6, 6.07) is 0. The minimum Gasteiger partial charge on any atom is -0.493 e. The molecule has 0 aliphatic rings. The van der Waals surface area contributed by atoms with E-state index in [2.05, 4.69) is 20.0 Å². The minimum atomic E-state index is -0.489. The number of hydrogen-bond donors (Lipinski definition) is 2. The van der Waals surface area contributed by atoms with E-state index in [1.807, 2.05) is 0 Å². The number of aromatic amines is 1. The van der Waals surface area contributed by atoms with Crippen LogP contribution in [0.2, 0.25) is 0 Å². The van der Waals surface area contributed by atoms with Crippen LogP contribution in [0.15, 0.2) is 9.91 Å². The first kappa shape index (κ1) is 9.08. The Labute approximate surface area is 72.7 Å². The molecule has 1 heterocycles. The molecule has 0 aliphatic carbocycles. The van der Waals surface area contributed by atoms with Crippen molar-refractivity contribution in [3.8, 4) is 5.88 Å². The van der Waals surface area contributed by atoms with Gasteiger partial charge in [-0.15, -0.1) is 0 Å². The van der Waals surface area contributed by atoms with Crippen LogP contribution in [-0.2, 0) is 6.42 Å². The van der Waals surface area contributed by atoms with Crippen molar-refractivity contribution in [1.29, 1.82) is 0 Å². The molecule has 0 radical (unpaired) electrons. The average Bonchev–Trinajstić information content (AvgIpc) is 2.04. The van der Waals surface area contributed by atoms with Crippen molar-refractivity contribution in [1.82, 2.24) is 9.97 Å². The number of nitrogens with one attached hydrogen (secondary N) is 1. The van der Waals surface area contributed by atoms with Gasteiger partial charge in [-0.25, -0.2) is 0 Å². The van der Waals surface area contributed by atoms with Gasteiger partial charge in [-0.2, -0.15) is 4.98 Å². The summed E-state index contributed by atoms with van der Waals surface area (Å²) in [5.74, 6) is -0.629. The first-order chi connectivity index (χ1) is 6.19.